The van der Waals surface area contributed by atoms with Gasteiger partial charge >= 0.3 is 12.3 Å². The number of ether oxygens (including phenoxy) is 2. The number of esters is 1. The van der Waals surface area contributed by atoms with E-state index in [9.17, 15) is 22.4 Å². The zero-order valence-corrected chi connectivity index (χ0v) is 7.84. The molecule has 1 rings (SSSR count). The van der Waals surface area contributed by atoms with E-state index in [1.165, 1.54) is 0 Å². The molecule has 0 bridgehead atoms. The molecule has 0 saturated heterocycles. The second-order valence-electron chi connectivity index (χ2n) is 2.51. The molecule has 16 heavy (non-hydrogen) atoms. The lowest BCUT2D eigenvalue weighted by molar-refractivity contribution is -0.275. The Morgan fingerprint density at radius 3 is 2.56 bits per heavy atom. The minimum Gasteiger partial charge on any atom is -0.464 e. The molecule has 0 aliphatic carbocycles. The molecule has 1 aromatic rings. The first-order valence-electron chi connectivity index (χ1n) is 3.83. The summed E-state index contributed by atoms with van der Waals surface area (Å²) in [6.07, 6.45) is -4.24. The van der Waals surface area contributed by atoms with E-state index in [1.807, 2.05) is 0 Å². The van der Waals surface area contributed by atoms with Gasteiger partial charge in [-0.05, 0) is 0 Å². The van der Waals surface area contributed by atoms with Gasteiger partial charge in [0.2, 0.25) is 0 Å². The van der Waals surface area contributed by atoms with Crippen molar-refractivity contribution < 1.29 is 31.8 Å². The Morgan fingerprint density at radius 2 is 2.06 bits per heavy atom. The second kappa shape index (κ2) is 4.33. The summed E-state index contributed by atoms with van der Waals surface area (Å²) in [4.78, 5) is 14.1. The highest BCUT2D eigenvalue weighted by Crippen LogP contribution is 2.26. The summed E-state index contributed by atoms with van der Waals surface area (Å²) in [6, 6.07) is 0.648. The molecule has 1 heterocycles. The van der Waals surface area contributed by atoms with Crippen LogP contribution in [0.25, 0.3) is 0 Å². The Balaban J connectivity index is 3.09. The van der Waals surface area contributed by atoms with E-state index < -0.39 is 29.6 Å². The first-order chi connectivity index (χ1) is 7.35. The van der Waals surface area contributed by atoms with Gasteiger partial charge in [0, 0.05) is 12.3 Å². The van der Waals surface area contributed by atoms with Crippen molar-refractivity contribution in [2.24, 2.45) is 0 Å². The van der Waals surface area contributed by atoms with Gasteiger partial charge in [0.25, 0.3) is 0 Å². The summed E-state index contributed by atoms with van der Waals surface area (Å²) in [5.74, 6) is -3.85. The monoisotopic (exact) mass is 239 g/mol. The maximum absolute atomic E-state index is 13.3. The van der Waals surface area contributed by atoms with Crippen LogP contribution in [-0.2, 0) is 4.74 Å². The topological polar surface area (TPSA) is 48.4 Å². The van der Waals surface area contributed by atoms with Crippen LogP contribution in [0.2, 0.25) is 0 Å². The first-order valence-corrected chi connectivity index (χ1v) is 3.83. The van der Waals surface area contributed by atoms with Crippen LogP contribution in [0.3, 0.4) is 0 Å². The van der Waals surface area contributed by atoms with Crippen LogP contribution in [0, 0.1) is 5.82 Å². The summed E-state index contributed by atoms with van der Waals surface area (Å²) in [5, 5.41) is 0. The van der Waals surface area contributed by atoms with Crippen molar-refractivity contribution in [1.82, 2.24) is 4.98 Å². The fourth-order valence-electron chi connectivity index (χ4n) is 0.869. The fraction of sp³-hybridized carbons (Fsp3) is 0.250. The van der Waals surface area contributed by atoms with Crippen molar-refractivity contribution >= 4 is 5.97 Å². The van der Waals surface area contributed by atoms with E-state index in [-0.39, 0.29) is 0 Å². The van der Waals surface area contributed by atoms with Crippen LogP contribution in [-0.4, -0.2) is 24.4 Å². The Labute approximate surface area is 86.8 Å². The molecule has 0 radical (unpaired) electrons. The van der Waals surface area contributed by atoms with Crippen molar-refractivity contribution in [3.8, 4) is 5.75 Å². The highest BCUT2D eigenvalue weighted by atomic mass is 19.4. The number of methoxy groups -OCH3 is 1. The Hall–Kier alpha value is -1.86. The van der Waals surface area contributed by atoms with E-state index in [1.54, 1.807) is 0 Å². The lowest BCUT2D eigenvalue weighted by Crippen LogP contribution is -2.19. The van der Waals surface area contributed by atoms with Crippen molar-refractivity contribution in [3.05, 3.63) is 23.8 Å². The lowest BCUT2D eigenvalue weighted by atomic mass is 10.3. The molecule has 0 saturated carbocycles. The smallest absolute Gasteiger partial charge is 0.464 e. The van der Waals surface area contributed by atoms with Gasteiger partial charge in [0.15, 0.2) is 17.3 Å². The molecule has 1 aromatic heterocycles. The van der Waals surface area contributed by atoms with E-state index >= 15 is 0 Å². The minimum absolute atomic E-state index is 0.648. The van der Waals surface area contributed by atoms with Gasteiger partial charge < -0.3 is 9.47 Å². The third kappa shape index (κ3) is 2.81. The summed E-state index contributed by atoms with van der Waals surface area (Å²) in [6.45, 7) is 0. The molecule has 0 N–H and O–H groups in total. The molecule has 88 valence electrons. The van der Waals surface area contributed by atoms with Crippen LogP contribution in [0.4, 0.5) is 17.6 Å². The number of carbonyl (C=O) groups is 1. The van der Waals surface area contributed by atoms with Crippen LogP contribution >= 0.6 is 0 Å². The Bertz CT molecular complexity index is 405. The second-order valence-corrected chi connectivity index (χ2v) is 2.51. The highest BCUT2D eigenvalue weighted by Gasteiger charge is 2.33. The SMILES string of the molecule is COC(=O)c1nccc(OC(F)(F)F)c1F. The molecular weight excluding hydrogens is 234 g/mol. The predicted octanol–water partition coefficient (Wildman–Crippen LogP) is 1.91. The maximum Gasteiger partial charge on any atom is 0.573 e. The molecule has 0 aromatic carbocycles. The van der Waals surface area contributed by atoms with Crippen molar-refractivity contribution in [2.45, 2.75) is 6.36 Å². The van der Waals surface area contributed by atoms with Crippen molar-refractivity contribution in [2.75, 3.05) is 7.11 Å². The largest absolute Gasteiger partial charge is 0.573 e. The Kier molecular flexibility index (Phi) is 3.31. The number of pyridine rings is 1. The van der Waals surface area contributed by atoms with Crippen LogP contribution in [0.1, 0.15) is 10.5 Å². The van der Waals surface area contributed by atoms with Gasteiger partial charge in [-0.25, -0.2) is 14.2 Å². The third-order valence-electron chi connectivity index (χ3n) is 1.46. The van der Waals surface area contributed by atoms with Crippen LogP contribution in [0.15, 0.2) is 12.3 Å². The Morgan fingerprint density at radius 1 is 1.44 bits per heavy atom. The minimum atomic E-state index is -5.05. The fourth-order valence-corrected chi connectivity index (χ4v) is 0.869. The lowest BCUT2D eigenvalue weighted by Gasteiger charge is -2.10. The summed E-state index contributed by atoms with van der Waals surface area (Å²) < 4.78 is 56.2. The number of rotatable bonds is 2. The van der Waals surface area contributed by atoms with Crippen molar-refractivity contribution in [3.63, 3.8) is 0 Å². The van der Waals surface area contributed by atoms with Gasteiger partial charge in [-0.3, -0.25) is 0 Å². The van der Waals surface area contributed by atoms with E-state index in [0.717, 1.165) is 13.3 Å². The maximum atomic E-state index is 13.3. The van der Waals surface area contributed by atoms with E-state index in [2.05, 4.69) is 14.5 Å². The van der Waals surface area contributed by atoms with Gasteiger partial charge in [-0.1, -0.05) is 0 Å². The standard InChI is InChI=1S/C8H5F4NO3/c1-15-7(14)6-5(9)4(2-3-13-6)16-8(10,11)12/h2-3H,1H3. The molecular formula is C8H5F4NO3. The average molecular weight is 239 g/mol. The highest BCUT2D eigenvalue weighted by molar-refractivity contribution is 5.87. The number of alkyl halides is 3. The number of aromatic nitrogens is 1. The summed E-state index contributed by atoms with van der Waals surface area (Å²) in [7, 11) is 0.945. The number of nitrogens with zero attached hydrogens (tertiary/aromatic N) is 1. The molecule has 0 aliphatic rings. The van der Waals surface area contributed by atoms with Gasteiger partial charge in [0.05, 0.1) is 7.11 Å². The van der Waals surface area contributed by atoms with Gasteiger partial charge in [0.1, 0.15) is 0 Å². The molecule has 0 spiro atoms. The molecule has 8 heteroatoms. The third-order valence-corrected chi connectivity index (χ3v) is 1.46. The first kappa shape index (κ1) is 12.2. The van der Waals surface area contributed by atoms with Crippen LogP contribution in [0.5, 0.6) is 5.75 Å². The van der Waals surface area contributed by atoms with Gasteiger partial charge in [-0.2, -0.15) is 0 Å². The van der Waals surface area contributed by atoms with E-state index in [4.69, 9.17) is 0 Å². The summed E-state index contributed by atoms with van der Waals surface area (Å²) >= 11 is 0. The van der Waals surface area contributed by atoms with Crippen molar-refractivity contribution in [1.29, 1.82) is 0 Å². The van der Waals surface area contributed by atoms with Gasteiger partial charge in [-0.15, -0.1) is 13.2 Å². The number of hydrogen-bond acceptors (Lipinski definition) is 4. The molecule has 0 atom stereocenters. The number of hydrogen-bond donors (Lipinski definition) is 0. The van der Waals surface area contributed by atoms with Crippen LogP contribution < -0.4 is 4.74 Å². The van der Waals surface area contributed by atoms with E-state index in [0.29, 0.717) is 6.07 Å². The zero-order valence-electron chi connectivity index (χ0n) is 7.84. The zero-order chi connectivity index (χ0) is 12.3. The number of carbonyl (C=O) groups excluding carboxylic acids is 1. The molecule has 0 unspecified atom stereocenters. The normalized spacial score (nSPS) is 11.1. The molecule has 0 aliphatic heterocycles. The quantitative estimate of drug-likeness (QED) is 0.584. The predicted molar refractivity (Wildman–Crippen MR) is 42.2 cm³/mol. The molecule has 0 fully saturated rings. The number of halogens is 4. The average Bonchev–Trinajstić information content (AvgIpc) is 2.18. The molecule has 0 amide bonds. The summed E-state index contributed by atoms with van der Waals surface area (Å²) in [5.41, 5.74) is -0.871. The molecule has 4 nitrogen and oxygen atoms in total.